The summed E-state index contributed by atoms with van der Waals surface area (Å²) in [5, 5.41) is 0. The third-order valence-electron chi connectivity index (χ3n) is 0.562. The molecule has 0 bridgehead atoms. The molecule has 1 aliphatic rings. The minimum Gasteiger partial charge on any atom is -0.0763 e. The zero-order chi connectivity index (χ0) is 4.41. The van der Waals surface area contributed by atoms with E-state index in [1.807, 2.05) is 0 Å². The molecule has 0 aromatic rings. The smallest absolute Gasteiger partial charge is 0.0112 e. The summed E-state index contributed by atoms with van der Waals surface area (Å²) >= 11 is 0. The Bertz CT molecular complexity index is 37.2. The van der Waals surface area contributed by atoms with Crippen LogP contribution >= 0.6 is 0 Å². The first-order valence-electron chi connectivity index (χ1n) is 1.75. The van der Waals surface area contributed by atoms with Crippen LogP contribution in [0.5, 0.6) is 0 Å². The van der Waals surface area contributed by atoms with Gasteiger partial charge in [0.15, 0.2) is 0 Å². The molecule has 1 aliphatic heterocycles. The molecular weight excluding hydrogens is 152 g/mol. The number of rotatable bonds is 0. The Balaban J connectivity index is 2.18. The molecule has 0 amide bonds. The first-order valence-corrected chi connectivity index (χ1v) is 12.8. The van der Waals surface area contributed by atoms with Crippen molar-refractivity contribution >= 4 is 42.1 Å². The van der Waals surface area contributed by atoms with Gasteiger partial charge in [-0.25, -0.2) is 0 Å². The van der Waals surface area contributed by atoms with Gasteiger partial charge in [-0.15, -0.1) is 0 Å². The van der Waals surface area contributed by atoms with Gasteiger partial charge < -0.3 is 0 Å². The molecule has 0 saturated carbocycles. The summed E-state index contributed by atoms with van der Waals surface area (Å²) in [6.45, 7) is 2.48. The maximum absolute atomic E-state index is 2.48. The minimum absolute atomic E-state index is 0.323. The highest BCUT2D eigenvalue weighted by Crippen LogP contribution is 1.79. The van der Waals surface area contributed by atoms with E-state index in [-0.39, 0.29) is 0 Å². The topological polar surface area (TPSA) is 0 Å². The summed E-state index contributed by atoms with van der Waals surface area (Å²) in [4.78, 5) is 0. The Labute approximate surface area is 49.0 Å². The predicted molar refractivity (Wildman–Crippen MR) is 34.6 cm³/mol. The van der Waals surface area contributed by atoms with Crippen LogP contribution in [0.1, 0.15) is 0 Å². The third kappa shape index (κ3) is 1.30. The molecule has 0 nitrogen and oxygen atoms in total. The van der Waals surface area contributed by atoms with Gasteiger partial charge in [-0.2, -0.15) is 0 Å². The normalized spacial score (nSPS) is 25.5. The molecule has 0 atom stereocenters. The Hall–Kier alpha value is 1.08. The average molecular weight is 155 g/mol. The van der Waals surface area contributed by atoms with Crippen molar-refractivity contribution < 1.29 is 0 Å². The summed E-state index contributed by atoms with van der Waals surface area (Å²) in [6, 6.07) is 0. The average Bonchev–Trinajstić information content (AvgIpc) is 1.86. The van der Waals surface area contributed by atoms with E-state index >= 15 is 0 Å². The van der Waals surface area contributed by atoms with Crippen molar-refractivity contribution in [3.05, 3.63) is 0 Å². The zero-order valence-electron chi connectivity index (χ0n) is 3.50. The molecule has 0 spiro atoms. The molecule has 0 aromatic heterocycles. The van der Waals surface area contributed by atoms with Gasteiger partial charge in [-0.05, 0) is 0 Å². The molecule has 0 aromatic carbocycles. The summed E-state index contributed by atoms with van der Waals surface area (Å²) in [5.41, 5.74) is 0. The van der Waals surface area contributed by atoms with Gasteiger partial charge >= 0.3 is 0 Å². The predicted octanol–water partition coefficient (Wildman–Crippen LogP) is -1.32. The first kappa shape index (κ1) is 5.23. The van der Waals surface area contributed by atoms with Crippen LogP contribution in [-0.4, -0.2) is 42.1 Å². The number of hydrogen-bond donors (Lipinski definition) is 0. The van der Waals surface area contributed by atoms with Gasteiger partial charge in [-0.3, -0.25) is 0 Å². The second-order valence-corrected chi connectivity index (χ2v) is 21.4. The highest BCUT2D eigenvalue weighted by atomic mass is 30.1. The lowest BCUT2D eigenvalue weighted by Crippen LogP contribution is -2.18. The Morgan fingerprint density at radius 2 is 1.67 bits per heavy atom. The Morgan fingerprint density at radius 3 is 1.83 bits per heavy atom. The quantitative estimate of drug-likeness (QED) is 0.381. The SMILES string of the molecule is C[Si]1[Si][Si][Si][Si]1. The van der Waals surface area contributed by atoms with E-state index in [1.54, 1.807) is 0 Å². The van der Waals surface area contributed by atoms with E-state index in [2.05, 4.69) is 6.55 Å². The molecule has 9 radical (unpaired) electrons. The Morgan fingerprint density at radius 1 is 1.17 bits per heavy atom. The fourth-order valence-corrected chi connectivity index (χ4v) is 48.1. The highest BCUT2D eigenvalue weighted by Gasteiger charge is 2.12. The standard InChI is InChI=1S/CH3Si5/c1-6-4-2-3-5-6/h1H3. The van der Waals surface area contributed by atoms with Crippen molar-refractivity contribution in [2.75, 3.05) is 0 Å². The second-order valence-electron chi connectivity index (χ2n) is 1.12. The van der Waals surface area contributed by atoms with Crippen LogP contribution < -0.4 is 0 Å². The van der Waals surface area contributed by atoms with E-state index in [4.69, 9.17) is 0 Å². The van der Waals surface area contributed by atoms with Crippen LogP contribution in [0.4, 0.5) is 0 Å². The molecule has 5 heteroatoms. The van der Waals surface area contributed by atoms with Crippen LogP contribution in [-0.2, 0) is 0 Å². The Kier molecular flexibility index (Phi) is 2.10. The molecule has 1 saturated heterocycles. The lowest BCUT2D eigenvalue weighted by Gasteiger charge is -1.86. The van der Waals surface area contributed by atoms with Crippen LogP contribution in [0.15, 0.2) is 0 Å². The van der Waals surface area contributed by atoms with E-state index in [0.29, 0.717) is 7.83 Å². The second kappa shape index (κ2) is 2.41. The first-order chi connectivity index (χ1) is 2.89. The highest BCUT2D eigenvalue weighted by molar-refractivity contribution is 7.80. The lowest BCUT2D eigenvalue weighted by molar-refractivity contribution is 2.34. The molecular formula is CH3Si5. The van der Waals surface area contributed by atoms with Gasteiger partial charge in [-0.1, -0.05) is 6.55 Å². The van der Waals surface area contributed by atoms with Gasteiger partial charge in [0.25, 0.3) is 0 Å². The number of hydrogen-bond acceptors (Lipinski definition) is 0. The molecule has 6 heavy (non-hydrogen) atoms. The fraction of sp³-hybridized carbons (Fsp3) is 1.00. The van der Waals surface area contributed by atoms with Crippen molar-refractivity contribution in [1.82, 2.24) is 0 Å². The summed E-state index contributed by atoms with van der Waals surface area (Å²) in [7, 11) is 6.00. The third-order valence-corrected chi connectivity index (χ3v) is 32.1. The van der Waals surface area contributed by atoms with Gasteiger partial charge in [0.1, 0.15) is 0 Å². The summed E-state index contributed by atoms with van der Waals surface area (Å²) in [5.74, 6) is 0. The van der Waals surface area contributed by atoms with Crippen LogP contribution in [0.3, 0.4) is 0 Å². The van der Waals surface area contributed by atoms with Crippen LogP contribution in [0, 0.1) is 0 Å². The maximum Gasteiger partial charge on any atom is 0.0112 e. The molecule has 1 heterocycles. The maximum atomic E-state index is 2.48. The fourth-order valence-electron chi connectivity index (χ4n) is 0.281. The van der Waals surface area contributed by atoms with Crippen molar-refractivity contribution in [3.8, 4) is 0 Å². The molecule has 27 valence electrons. The largest absolute Gasteiger partial charge is 0.0763 e. The van der Waals surface area contributed by atoms with E-state index in [1.165, 1.54) is 34.2 Å². The van der Waals surface area contributed by atoms with Crippen molar-refractivity contribution in [2.24, 2.45) is 0 Å². The lowest BCUT2D eigenvalue weighted by atomic mass is 11.9. The van der Waals surface area contributed by atoms with E-state index in [9.17, 15) is 0 Å². The zero-order valence-corrected chi connectivity index (χ0v) is 8.50. The molecule has 1 fully saturated rings. The van der Waals surface area contributed by atoms with Crippen molar-refractivity contribution in [3.63, 3.8) is 0 Å². The van der Waals surface area contributed by atoms with Gasteiger partial charge in [0.2, 0.25) is 0 Å². The minimum atomic E-state index is 0.323. The van der Waals surface area contributed by atoms with Gasteiger partial charge in [0.05, 0.1) is 0 Å². The van der Waals surface area contributed by atoms with Crippen molar-refractivity contribution in [2.45, 2.75) is 6.55 Å². The summed E-state index contributed by atoms with van der Waals surface area (Å²) in [6.07, 6.45) is 0. The monoisotopic (exact) mass is 155 g/mol. The van der Waals surface area contributed by atoms with Crippen molar-refractivity contribution in [1.29, 1.82) is 0 Å². The van der Waals surface area contributed by atoms with Gasteiger partial charge in [0, 0.05) is 42.1 Å². The molecule has 0 N–H and O–H groups in total. The molecule has 0 aliphatic carbocycles. The summed E-state index contributed by atoms with van der Waals surface area (Å²) < 4.78 is 0. The molecule has 0 unspecified atom stereocenters. The van der Waals surface area contributed by atoms with Crippen LogP contribution in [0.2, 0.25) is 6.55 Å². The van der Waals surface area contributed by atoms with Crippen LogP contribution in [0.25, 0.3) is 0 Å². The van der Waals surface area contributed by atoms with E-state index < -0.39 is 0 Å². The van der Waals surface area contributed by atoms with E-state index in [0.717, 1.165) is 0 Å². The molecule has 1 rings (SSSR count).